The van der Waals surface area contributed by atoms with E-state index in [9.17, 15) is 0 Å². The van der Waals surface area contributed by atoms with Crippen molar-refractivity contribution in [2.24, 2.45) is 0 Å². The molecule has 5 rings (SSSR count). The first-order valence-corrected chi connectivity index (χ1v) is 15.1. The molecule has 0 aliphatic heterocycles. The highest BCUT2D eigenvalue weighted by Crippen LogP contribution is 2.43. The maximum Gasteiger partial charge on any atom is 0.144 e. The van der Waals surface area contributed by atoms with Crippen molar-refractivity contribution in [1.82, 2.24) is 9.55 Å². The van der Waals surface area contributed by atoms with Gasteiger partial charge in [-0.25, -0.2) is 4.98 Å². The van der Waals surface area contributed by atoms with E-state index >= 15 is 0 Å². The molecule has 0 saturated heterocycles. The van der Waals surface area contributed by atoms with Crippen molar-refractivity contribution >= 4 is 0 Å². The Morgan fingerprint density at radius 1 is 0.805 bits per heavy atom. The zero-order valence-corrected chi connectivity index (χ0v) is 26.0. The molecule has 0 bridgehead atoms. The highest BCUT2D eigenvalue weighted by molar-refractivity contribution is 5.76. The minimum atomic E-state index is 0.0295. The van der Waals surface area contributed by atoms with Crippen molar-refractivity contribution in [3.05, 3.63) is 108 Å². The van der Waals surface area contributed by atoms with Gasteiger partial charge in [-0.3, -0.25) is 4.57 Å². The molecular formula is C38H44N2O. The Kier molecular flexibility index (Phi) is 8.09. The standard InChI is InChI=1S/C38H44N2O/c1-9-38(8,10-2)34-17-16-29(36-27(7)18-21-41-36)22-33(34)37-39-19-20-40(37)35-31(25(3)4)23-30(24-32(35)26(5)6)28-14-12-11-13-15-28/h11-26H,9-10H2,1-8H3. The normalized spacial score (nSPS) is 12.0. The Labute approximate surface area is 246 Å². The van der Waals surface area contributed by atoms with Crippen LogP contribution >= 0.6 is 0 Å². The van der Waals surface area contributed by atoms with E-state index in [-0.39, 0.29) is 5.41 Å². The van der Waals surface area contributed by atoms with Crippen LogP contribution in [0.15, 0.2) is 89.8 Å². The van der Waals surface area contributed by atoms with Gasteiger partial charge in [0.25, 0.3) is 0 Å². The average Bonchev–Trinajstić information content (AvgIpc) is 3.65. The molecule has 3 heteroatoms. The molecule has 0 spiro atoms. The van der Waals surface area contributed by atoms with Gasteiger partial charge in [0.15, 0.2) is 0 Å². The predicted octanol–water partition coefficient (Wildman–Crippen LogP) is 11.1. The molecule has 2 aromatic heterocycles. The quantitative estimate of drug-likeness (QED) is 0.185. The van der Waals surface area contributed by atoms with E-state index in [0.717, 1.165) is 35.6 Å². The Morgan fingerprint density at radius 2 is 1.46 bits per heavy atom. The van der Waals surface area contributed by atoms with Crippen LogP contribution in [0.5, 0.6) is 0 Å². The van der Waals surface area contributed by atoms with Gasteiger partial charge in [-0.05, 0) is 94.7 Å². The van der Waals surface area contributed by atoms with Crippen LogP contribution in [-0.4, -0.2) is 9.55 Å². The first kappa shape index (κ1) is 28.7. The molecule has 0 amide bonds. The van der Waals surface area contributed by atoms with Crippen LogP contribution in [0, 0.1) is 6.92 Å². The largest absolute Gasteiger partial charge is 0.464 e. The number of nitrogens with zero attached hydrogens (tertiary/aromatic N) is 2. The number of benzene rings is 3. The summed E-state index contributed by atoms with van der Waals surface area (Å²) in [6, 6.07) is 24.4. The maximum atomic E-state index is 5.94. The topological polar surface area (TPSA) is 31.0 Å². The molecule has 0 aliphatic rings. The van der Waals surface area contributed by atoms with Gasteiger partial charge in [-0.15, -0.1) is 0 Å². The van der Waals surface area contributed by atoms with Gasteiger partial charge >= 0.3 is 0 Å². The third-order valence-electron chi connectivity index (χ3n) is 9.00. The number of hydrogen-bond donors (Lipinski definition) is 0. The van der Waals surface area contributed by atoms with Crippen molar-refractivity contribution in [2.45, 2.75) is 85.5 Å². The molecule has 0 atom stereocenters. The smallest absolute Gasteiger partial charge is 0.144 e. The van der Waals surface area contributed by atoms with E-state index in [1.165, 1.54) is 39.1 Å². The monoisotopic (exact) mass is 544 g/mol. The predicted molar refractivity (Wildman–Crippen MR) is 173 cm³/mol. The van der Waals surface area contributed by atoms with Gasteiger partial charge in [-0.1, -0.05) is 90.9 Å². The molecule has 0 unspecified atom stereocenters. The van der Waals surface area contributed by atoms with Crippen molar-refractivity contribution in [3.8, 4) is 39.5 Å². The SMILES string of the molecule is CCC(C)(CC)c1ccc(-c2occc2C)cc1-c1nccn1-c1c(C(C)C)cc(-c2ccccc2)cc1C(C)C. The molecule has 0 radical (unpaired) electrons. The molecule has 3 nitrogen and oxygen atoms in total. The van der Waals surface area contributed by atoms with Crippen LogP contribution in [-0.2, 0) is 5.41 Å². The summed E-state index contributed by atoms with van der Waals surface area (Å²) in [5, 5.41) is 0. The fourth-order valence-corrected chi connectivity index (χ4v) is 6.02. The van der Waals surface area contributed by atoms with Gasteiger partial charge in [0.05, 0.1) is 12.0 Å². The lowest BCUT2D eigenvalue weighted by molar-refractivity contribution is 0.440. The molecule has 3 aromatic carbocycles. The van der Waals surface area contributed by atoms with E-state index in [1.54, 1.807) is 6.26 Å². The number of aromatic nitrogens is 2. The van der Waals surface area contributed by atoms with E-state index < -0.39 is 0 Å². The third-order valence-corrected chi connectivity index (χ3v) is 9.00. The van der Waals surface area contributed by atoms with Gasteiger partial charge in [-0.2, -0.15) is 0 Å². The fraction of sp³-hybridized carbons (Fsp3) is 0.342. The highest BCUT2D eigenvalue weighted by Gasteiger charge is 2.29. The van der Waals surface area contributed by atoms with Crippen molar-refractivity contribution in [2.75, 3.05) is 0 Å². The Hall–Kier alpha value is -3.85. The number of imidazole rings is 1. The zero-order chi connectivity index (χ0) is 29.3. The van der Waals surface area contributed by atoms with Crippen molar-refractivity contribution in [1.29, 1.82) is 0 Å². The van der Waals surface area contributed by atoms with Crippen LogP contribution in [0.3, 0.4) is 0 Å². The molecular weight excluding hydrogens is 500 g/mol. The molecule has 0 N–H and O–H groups in total. The second kappa shape index (κ2) is 11.6. The molecule has 0 fully saturated rings. The lowest BCUT2D eigenvalue weighted by Gasteiger charge is -2.31. The average molecular weight is 545 g/mol. The molecule has 41 heavy (non-hydrogen) atoms. The van der Waals surface area contributed by atoms with Gasteiger partial charge in [0.2, 0.25) is 0 Å². The Morgan fingerprint density at radius 3 is 2.02 bits per heavy atom. The number of hydrogen-bond acceptors (Lipinski definition) is 2. The second-order valence-electron chi connectivity index (χ2n) is 12.3. The van der Waals surface area contributed by atoms with E-state index in [2.05, 4.69) is 127 Å². The first-order valence-electron chi connectivity index (χ1n) is 15.1. The summed E-state index contributed by atoms with van der Waals surface area (Å²) in [5.74, 6) is 2.59. The minimum absolute atomic E-state index is 0.0295. The maximum absolute atomic E-state index is 5.94. The van der Waals surface area contributed by atoms with E-state index in [0.29, 0.717) is 11.8 Å². The summed E-state index contributed by atoms with van der Waals surface area (Å²) in [7, 11) is 0. The second-order valence-corrected chi connectivity index (χ2v) is 12.3. The number of rotatable bonds is 9. The summed E-state index contributed by atoms with van der Waals surface area (Å²) >= 11 is 0. The molecule has 5 aromatic rings. The van der Waals surface area contributed by atoms with Crippen LogP contribution in [0.1, 0.15) is 95.4 Å². The third kappa shape index (κ3) is 5.30. The molecule has 0 saturated carbocycles. The minimum Gasteiger partial charge on any atom is -0.464 e. The van der Waals surface area contributed by atoms with Gasteiger partial charge in [0, 0.05) is 23.5 Å². The van der Waals surface area contributed by atoms with E-state index in [1.807, 2.05) is 12.3 Å². The summed E-state index contributed by atoms with van der Waals surface area (Å²) in [6.07, 6.45) is 7.99. The fourth-order valence-electron chi connectivity index (χ4n) is 6.02. The van der Waals surface area contributed by atoms with Crippen molar-refractivity contribution in [3.63, 3.8) is 0 Å². The highest BCUT2D eigenvalue weighted by atomic mass is 16.3. The van der Waals surface area contributed by atoms with Crippen molar-refractivity contribution < 1.29 is 4.42 Å². The lowest BCUT2D eigenvalue weighted by Crippen LogP contribution is -2.21. The molecule has 0 aliphatic carbocycles. The summed E-state index contributed by atoms with van der Waals surface area (Å²) < 4.78 is 8.29. The number of furan rings is 1. The van der Waals surface area contributed by atoms with Crippen LogP contribution in [0.4, 0.5) is 0 Å². The van der Waals surface area contributed by atoms with Crippen LogP contribution in [0.2, 0.25) is 0 Å². The Bertz CT molecular complexity index is 1600. The van der Waals surface area contributed by atoms with E-state index in [4.69, 9.17) is 9.40 Å². The summed E-state index contributed by atoms with van der Waals surface area (Å²) in [4.78, 5) is 5.06. The summed E-state index contributed by atoms with van der Waals surface area (Å²) in [6.45, 7) is 18.3. The zero-order valence-electron chi connectivity index (χ0n) is 26.0. The molecule has 212 valence electrons. The lowest BCUT2D eigenvalue weighted by atomic mass is 9.75. The van der Waals surface area contributed by atoms with Gasteiger partial charge < -0.3 is 4.42 Å². The molecule has 2 heterocycles. The Balaban J connectivity index is 1.80. The van der Waals surface area contributed by atoms with Crippen LogP contribution < -0.4 is 0 Å². The first-order chi connectivity index (χ1) is 19.7. The number of aryl methyl sites for hydroxylation is 1. The summed E-state index contributed by atoms with van der Waals surface area (Å²) in [5.41, 5.74) is 11.2. The van der Waals surface area contributed by atoms with Gasteiger partial charge in [0.1, 0.15) is 11.6 Å². The van der Waals surface area contributed by atoms with Crippen LogP contribution in [0.25, 0.3) is 39.5 Å².